The van der Waals surface area contributed by atoms with E-state index in [2.05, 4.69) is 10.2 Å². The van der Waals surface area contributed by atoms with E-state index in [1.54, 1.807) is 11.5 Å². The summed E-state index contributed by atoms with van der Waals surface area (Å²) in [7, 11) is 0. The Bertz CT molecular complexity index is 500. The SMILES string of the molecule is CCOC(=O)c1c(-n2cccc2)n[nH]c1CC. The number of carbonyl (C=O) groups excluding carboxylic acids is 1. The molecular weight excluding hydrogens is 218 g/mol. The van der Waals surface area contributed by atoms with E-state index >= 15 is 0 Å². The minimum atomic E-state index is -0.332. The molecule has 0 bridgehead atoms. The summed E-state index contributed by atoms with van der Waals surface area (Å²) in [5.74, 6) is 0.257. The van der Waals surface area contributed by atoms with Crippen LogP contribution < -0.4 is 0 Å². The standard InChI is InChI=1S/C12H15N3O2/c1-3-9-10(12(16)17-4-2)11(14-13-9)15-7-5-6-8-15/h5-8H,3-4H2,1-2H3,(H,13,14). The van der Waals surface area contributed by atoms with Gasteiger partial charge in [0.2, 0.25) is 0 Å². The first-order chi connectivity index (χ1) is 8.27. The van der Waals surface area contributed by atoms with Gasteiger partial charge in [-0.3, -0.25) is 5.10 Å². The lowest BCUT2D eigenvalue weighted by molar-refractivity contribution is 0.0525. The van der Waals surface area contributed by atoms with Crippen molar-refractivity contribution in [2.24, 2.45) is 0 Å². The number of aromatic amines is 1. The molecule has 2 heterocycles. The van der Waals surface area contributed by atoms with Gasteiger partial charge in [-0.05, 0) is 25.5 Å². The average molecular weight is 233 g/mol. The lowest BCUT2D eigenvalue weighted by atomic mass is 10.2. The Hall–Kier alpha value is -2.04. The molecule has 0 atom stereocenters. The number of rotatable bonds is 4. The van der Waals surface area contributed by atoms with Gasteiger partial charge in [-0.1, -0.05) is 6.92 Å². The number of hydrogen-bond acceptors (Lipinski definition) is 3. The summed E-state index contributed by atoms with van der Waals surface area (Å²) in [4.78, 5) is 11.9. The summed E-state index contributed by atoms with van der Waals surface area (Å²) in [5, 5.41) is 7.05. The van der Waals surface area contributed by atoms with E-state index in [4.69, 9.17) is 4.74 Å². The molecule has 2 aromatic rings. The zero-order chi connectivity index (χ0) is 12.3. The number of nitrogens with zero attached hydrogens (tertiary/aromatic N) is 2. The maximum Gasteiger partial charge on any atom is 0.343 e. The summed E-state index contributed by atoms with van der Waals surface area (Å²) < 4.78 is 6.85. The Labute approximate surface area is 99.4 Å². The molecule has 2 rings (SSSR count). The molecule has 0 aliphatic rings. The summed E-state index contributed by atoms with van der Waals surface area (Å²) in [6.07, 6.45) is 4.40. The minimum Gasteiger partial charge on any atom is -0.462 e. The van der Waals surface area contributed by atoms with Crippen LogP contribution in [0.4, 0.5) is 0 Å². The third-order valence-electron chi connectivity index (χ3n) is 2.50. The number of ether oxygens (including phenoxy) is 1. The fourth-order valence-corrected chi connectivity index (χ4v) is 1.70. The van der Waals surface area contributed by atoms with Gasteiger partial charge in [-0.2, -0.15) is 5.10 Å². The number of carbonyl (C=O) groups is 1. The highest BCUT2D eigenvalue weighted by Gasteiger charge is 2.21. The molecule has 2 aromatic heterocycles. The van der Waals surface area contributed by atoms with E-state index in [1.807, 2.05) is 31.5 Å². The molecule has 0 saturated heterocycles. The fraction of sp³-hybridized carbons (Fsp3) is 0.333. The van der Waals surface area contributed by atoms with Gasteiger partial charge in [-0.15, -0.1) is 0 Å². The highest BCUT2D eigenvalue weighted by molar-refractivity contribution is 5.94. The lowest BCUT2D eigenvalue weighted by Gasteiger charge is -2.04. The molecular formula is C12H15N3O2. The summed E-state index contributed by atoms with van der Waals surface area (Å²) >= 11 is 0. The van der Waals surface area contributed by atoms with Crippen molar-refractivity contribution in [2.45, 2.75) is 20.3 Å². The van der Waals surface area contributed by atoms with Gasteiger partial charge < -0.3 is 9.30 Å². The van der Waals surface area contributed by atoms with Crippen molar-refractivity contribution in [3.63, 3.8) is 0 Å². The van der Waals surface area contributed by atoms with E-state index in [0.29, 0.717) is 24.4 Å². The third kappa shape index (κ3) is 2.08. The quantitative estimate of drug-likeness (QED) is 0.821. The first kappa shape index (κ1) is 11.4. The molecule has 0 unspecified atom stereocenters. The van der Waals surface area contributed by atoms with E-state index < -0.39 is 0 Å². The topological polar surface area (TPSA) is 59.9 Å². The van der Waals surface area contributed by atoms with Gasteiger partial charge in [0.15, 0.2) is 5.82 Å². The van der Waals surface area contributed by atoms with Crippen molar-refractivity contribution in [1.82, 2.24) is 14.8 Å². The zero-order valence-corrected chi connectivity index (χ0v) is 9.93. The number of nitrogens with one attached hydrogen (secondary N) is 1. The number of hydrogen-bond donors (Lipinski definition) is 1. The average Bonchev–Trinajstić information content (AvgIpc) is 2.97. The maximum absolute atomic E-state index is 11.9. The minimum absolute atomic E-state index is 0.332. The van der Waals surface area contributed by atoms with Gasteiger partial charge in [0.1, 0.15) is 5.56 Å². The van der Waals surface area contributed by atoms with Crippen molar-refractivity contribution in [2.75, 3.05) is 6.61 Å². The van der Waals surface area contributed by atoms with Crippen LogP contribution in [-0.4, -0.2) is 27.3 Å². The fourth-order valence-electron chi connectivity index (χ4n) is 1.70. The molecule has 5 nitrogen and oxygen atoms in total. The second-order valence-corrected chi connectivity index (χ2v) is 3.57. The van der Waals surface area contributed by atoms with Gasteiger partial charge in [-0.25, -0.2) is 4.79 Å². The highest BCUT2D eigenvalue weighted by Crippen LogP contribution is 2.17. The Morgan fingerprint density at radius 2 is 2.12 bits per heavy atom. The number of aryl methyl sites for hydroxylation is 1. The lowest BCUT2D eigenvalue weighted by Crippen LogP contribution is -2.09. The van der Waals surface area contributed by atoms with E-state index in [1.165, 1.54) is 0 Å². The van der Waals surface area contributed by atoms with Crippen LogP contribution in [0.25, 0.3) is 5.82 Å². The Morgan fingerprint density at radius 3 is 2.71 bits per heavy atom. The van der Waals surface area contributed by atoms with Crippen LogP contribution in [0.1, 0.15) is 29.9 Å². The number of esters is 1. The highest BCUT2D eigenvalue weighted by atomic mass is 16.5. The van der Waals surface area contributed by atoms with Crippen LogP contribution in [-0.2, 0) is 11.2 Å². The largest absolute Gasteiger partial charge is 0.462 e. The second kappa shape index (κ2) is 4.86. The number of aromatic nitrogens is 3. The van der Waals surface area contributed by atoms with Gasteiger partial charge in [0.05, 0.1) is 12.3 Å². The molecule has 5 heteroatoms. The van der Waals surface area contributed by atoms with Crippen molar-refractivity contribution in [3.05, 3.63) is 35.8 Å². The van der Waals surface area contributed by atoms with Gasteiger partial charge >= 0.3 is 5.97 Å². The predicted molar refractivity (Wildman–Crippen MR) is 63.2 cm³/mol. The molecule has 0 saturated carbocycles. The van der Waals surface area contributed by atoms with Crippen LogP contribution in [0.3, 0.4) is 0 Å². The predicted octanol–water partition coefficient (Wildman–Crippen LogP) is 1.94. The maximum atomic E-state index is 11.9. The van der Waals surface area contributed by atoms with E-state index in [9.17, 15) is 4.79 Å². The molecule has 0 fully saturated rings. The van der Waals surface area contributed by atoms with Crippen molar-refractivity contribution < 1.29 is 9.53 Å². The van der Waals surface area contributed by atoms with E-state index in [0.717, 1.165) is 5.69 Å². The molecule has 1 N–H and O–H groups in total. The van der Waals surface area contributed by atoms with E-state index in [-0.39, 0.29) is 5.97 Å². The van der Waals surface area contributed by atoms with Crippen LogP contribution in [0, 0.1) is 0 Å². The molecule has 17 heavy (non-hydrogen) atoms. The van der Waals surface area contributed by atoms with Gasteiger partial charge in [0.25, 0.3) is 0 Å². The van der Waals surface area contributed by atoms with Crippen molar-refractivity contribution >= 4 is 5.97 Å². The molecule has 0 aromatic carbocycles. The Balaban J connectivity index is 2.46. The first-order valence-electron chi connectivity index (χ1n) is 5.65. The summed E-state index contributed by atoms with van der Waals surface area (Å²) in [6, 6.07) is 3.77. The van der Waals surface area contributed by atoms with Gasteiger partial charge in [0, 0.05) is 12.4 Å². The van der Waals surface area contributed by atoms with Crippen LogP contribution in [0.2, 0.25) is 0 Å². The summed E-state index contributed by atoms with van der Waals surface area (Å²) in [5.41, 5.74) is 1.32. The van der Waals surface area contributed by atoms with Crippen molar-refractivity contribution in [3.8, 4) is 5.82 Å². The second-order valence-electron chi connectivity index (χ2n) is 3.57. The molecule has 0 radical (unpaired) electrons. The Kier molecular flexibility index (Phi) is 3.27. The zero-order valence-electron chi connectivity index (χ0n) is 9.93. The van der Waals surface area contributed by atoms with Crippen LogP contribution >= 0.6 is 0 Å². The third-order valence-corrected chi connectivity index (χ3v) is 2.50. The monoisotopic (exact) mass is 233 g/mol. The smallest absolute Gasteiger partial charge is 0.343 e. The number of H-pyrrole nitrogens is 1. The summed E-state index contributed by atoms with van der Waals surface area (Å²) in [6.45, 7) is 4.12. The van der Waals surface area contributed by atoms with Crippen LogP contribution in [0.5, 0.6) is 0 Å². The first-order valence-corrected chi connectivity index (χ1v) is 5.65. The molecule has 0 spiro atoms. The van der Waals surface area contributed by atoms with Crippen molar-refractivity contribution in [1.29, 1.82) is 0 Å². The Morgan fingerprint density at radius 1 is 1.41 bits per heavy atom. The van der Waals surface area contributed by atoms with Crippen LogP contribution in [0.15, 0.2) is 24.5 Å². The molecule has 0 aliphatic carbocycles. The molecule has 0 amide bonds. The molecule has 90 valence electrons. The normalized spacial score (nSPS) is 10.5. The molecule has 0 aliphatic heterocycles.